The number of carbonyl (C=O) groups is 1. The van der Waals surface area contributed by atoms with Gasteiger partial charge in [0.05, 0.1) is 6.04 Å². The summed E-state index contributed by atoms with van der Waals surface area (Å²) in [7, 11) is 4.05. The lowest BCUT2D eigenvalue weighted by Gasteiger charge is -2.25. The van der Waals surface area contributed by atoms with Gasteiger partial charge in [0.15, 0.2) is 0 Å². The number of benzene rings is 1. The highest BCUT2D eigenvalue weighted by Crippen LogP contribution is 2.26. The molecule has 0 radical (unpaired) electrons. The fraction of sp³-hybridized carbons (Fsp3) is 0.562. The smallest absolute Gasteiger partial charge is 0.241 e. The third-order valence-corrected chi connectivity index (χ3v) is 3.85. The molecular formula is C16H24FN3O. The van der Waals surface area contributed by atoms with Crippen molar-refractivity contribution in [3.05, 3.63) is 35.6 Å². The van der Waals surface area contributed by atoms with Crippen molar-refractivity contribution < 1.29 is 9.18 Å². The first kappa shape index (κ1) is 15.9. The highest BCUT2D eigenvalue weighted by molar-refractivity contribution is 5.84. The lowest BCUT2D eigenvalue weighted by atomic mass is 10.1. The van der Waals surface area contributed by atoms with Crippen LogP contribution in [0.1, 0.15) is 31.5 Å². The van der Waals surface area contributed by atoms with E-state index in [2.05, 4.69) is 10.2 Å². The van der Waals surface area contributed by atoms with Crippen molar-refractivity contribution in [3.63, 3.8) is 0 Å². The van der Waals surface area contributed by atoms with E-state index in [1.807, 2.05) is 25.9 Å². The van der Waals surface area contributed by atoms with E-state index >= 15 is 0 Å². The normalized spacial score (nSPS) is 22.3. The Hall–Kier alpha value is -1.46. The van der Waals surface area contributed by atoms with Crippen LogP contribution >= 0.6 is 0 Å². The number of amides is 1. The zero-order valence-electron chi connectivity index (χ0n) is 13.0. The molecule has 1 aliphatic heterocycles. The monoisotopic (exact) mass is 293 g/mol. The van der Waals surface area contributed by atoms with Gasteiger partial charge in [0.25, 0.3) is 0 Å². The number of carbonyl (C=O) groups excluding carboxylic acids is 1. The van der Waals surface area contributed by atoms with E-state index in [9.17, 15) is 9.18 Å². The Balaban J connectivity index is 2.12. The van der Waals surface area contributed by atoms with Gasteiger partial charge in [-0.1, -0.05) is 19.1 Å². The quantitative estimate of drug-likeness (QED) is 0.871. The fourth-order valence-electron chi connectivity index (χ4n) is 2.69. The topological polar surface area (TPSA) is 35.6 Å². The van der Waals surface area contributed by atoms with Crippen molar-refractivity contribution in [2.24, 2.45) is 0 Å². The second-order valence-electron chi connectivity index (χ2n) is 5.77. The molecule has 1 saturated heterocycles. The predicted octanol–water partition coefficient (Wildman–Crippen LogP) is 1.99. The molecule has 116 valence electrons. The van der Waals surface area contributed by atoms with Crippen molar-refractivity contribution in [1.82, 2.24) is 15.1 Å². The zero-order chi connectivity index (χ0) is 15.4. The van der Waals surface area contributed by atoms with Crippen molar-refractivity contribution >= 4 is 5.91 Å². The van der Waals surface area contributed by atoms with Crippen LogP contribution in [-0.2, 0) is 4.79 Å². The average molecular weight is 293 g/mol. The maximum atomic E-state index is 13.1. The first-order valence-electron chi connectivity index (χ1n) is 7.49. The second kappa shape index (κ2) is 7.00. The molecule has 1 aliphatic rings. The third-order valence-electron chi connectivity index (χ3n) is 3.85. The summed E-state index contributed by atoms with van der Waals surface area (Å²) in [6.45, 7) is 3.65. The minimum Gasteiger partial charge on any atom is -0.322 e. The van der Waals surface area contributed by atoms with Gasteiger partial charge in [-0.05, 0) is 51.2 Å². The number of nitrogens with one attached hydrogen (secondary N) is 1. The van der Waals surface area contributed by atoms with Crippen LogP contribution in [0.15, 0.2) is 24.3 Å². The summed E-state index contributed by atoms with van der Waals surface area (Å²) in [4.78, 5) is 16.4. The molecule has 0 aliphatic carbocycles. The lowest BCUT2D eigenvalue weighted by molar-refractivity contribution is -0.130. The van der Waals surface area contributed by atoms with Crippen molar-refractivity contribution in [2.75, 3.05) is 27.2 Å². The van der Waals surface area contributed by atoms with E-state index in [1.165, 1.54) is 12.1 Å². The molecule has 1 aromatic carbocycles. The summed E-state index contributed by atoms with van der Waals surface area (Å²) >= 11 is 0. The van der Waals surface area contributed by atoms with Gasteiger partial charge in [-0.15, -0.1) is 0 Å². The highest BCUT2D eigenvalue weighted by Gasteiger charge is 2.38. The van der Waals surface area contributed by atoms with E-state index in [1.54, 1.807) is 12.1 Å². The third kappa shape index (κ3) is 3.80. The molecule has 2 unspecified atom stereocenters. The van der Waals surface area contributed by atoms with E-state index < -0.39 is 0 Å². The van der Waals surface area contributed by atoms with Gasteiger partial charge < -0.3 is 9.80 Å². The molecule has 1 heterocycles. The summed E-state index contributed by atoms with van der Waals surface area (Å²) in [5.74, 6) is -0.111. The molecule has 2 atom stereocenters. The average Bonchev–Trinajstić information content (AvgIpc) is 2.76. The van der Waals surface area contributed by atoms with Gasteiger partial charge in [0.1, 0.15) is 12.0 Å². The molecule has 5 heteroatoms. The fourth-order valence-corrected chi connectivity index (χ4v) is 2.69. The Morgan fingerprint density at radius 1 is 1.29 bits per heavy atom. The van der Waals surface area contributed by atoms with Crippen LogP contribution in [0, 0.1) is 5.82 Å². The maximum absolute atomic E-state index is 13.1. The molecule has 0 bridgehead atoms. The number of halogens is 1. The van der Waals surface area contributed by atoms with Crippen LogP contribution in [0.5, 0.6) is 0 Å². The number of rotatable bonds is 6. The molecule has 0 saturated carbocycles. The van der Waals surface area contributed by atoms with Crippen LogP contribution in [0.3, 0.4) is 0 Å². The molecular weight excluding hydrogens is 269 g/mol. The van der Waals surface area contributed by atoms with E-state index in [-0.39, 0.29) is 23.9 Å². The Morgan fingerprint density at radius 3 is 2.52 bits per heavy atom. The largest absolute Gasteiger partial charge is 0.322 e. The molecule has 0 aromatic heterocycles. The molecule has 2 rings (SSSR count). The predicted molar refractivity (Wildman–Crippen MR) is 81.2 cm³/mol. The van der Waals surface area contributed by atoms with Gasteiger partial charge in [-0.2, -0.15) is 0 Å². The minimum atomic E-state index is -0.255. The number of hydrogen-bond donors (Lipinski definition) is 1. The molecule has 0 spiro atoms. The summed E-state index contributed by atoms with van der Waals surface area (Å²) in [6, 6.07) is 6.24. The number of nitrogens with zero attached hydrogens (tertiary/aromatic N) is 2. The van der Waals surface area contributed by atoms with Gasteiger partial charge in [-0.3, -0.25) is 10.1 Å². The summed E-state index contributed by atoms with van der Waals surface area (Å²) in [5.41, 5.74) is 0.936. The van der Waals surface area contributed by atoms with E-state index in [0.29, 0.717) is 6.54 Å². The Kier molecular flexibility index (Phi) is 5.31. The van der Waals surface area contributed by atoms with Crippen LogP contribution < -0.4 is 5.32 Å². The number of hydrogen-bond acceptors (Lipinski definition) is 3. The SMILES string of the molecule is CCC1NC(c2ccc(F)cc2)N(CCCN(C)C)C1=O. The highest BCUT2D eigenvalue weighted by atomic mass is 19.1. The first-order chi connectivity index (χ1) is 10.0. The molecule has 4 nitrogen and oxygen atoms in total. The van der Waals surface area contributed by atoms with Crippen LogP contribution in [0.25, 0.3) is 0 Å². The van der Waals surface area contributed by atoms with Gasteiger partial charge in [0.2, 0.25) is 5.91 Å². The minimum absolute atomic E-state index is 0.139. The van der Waals surface area contributed by atoms with Crippen LogP contribution in [-0.4, -0.2) is 48.9 Å². The van der Waals surface area contributed by atoms with Crippen LogP contribution in [0.4, 0.5) is 4.39 Å². The molecule has 1 N–H and O–H groups in total. The Labute approximate surface area is 125 Å². The molecule has 21 heavy (non-hydrogen) atoms. The lowest BCUT2D eigenvalue weighted by Crippen LogP contribution is -2.33. The zero-order valence-corrected chi connectivity index (χ0v) is 13.0. The van der Waals surface area contributed by atoms with E-state index in [4.69, 9.17) is 0 Å². The van der Waals surface area contributed by atoms with Crippen molar-refractivity contribution in [1.29, 1.82) is 0 Å². The Morgan fingerprint density at radius 2 is 1.95 bits per heavy atom. The summed E-state index contributed by atoms with van der Waals surface area (Å²) < 4.78 is 13.1. The first-order valence-corrected chi connectivity index (χ1v) is 7.49. The van der Waals surface area contributed by atoms with Gasteiger partial charge in [0, 0.05) is 6.54 Å². The van der Waals surface area contributed by atoms with Gasteiger partial charge in [-0.25, -0.2) is 4.39 Å². The summed E-state index contributed by atoms with van der Waals surface area (Å²) in [5, 5.41) is 3.35. The van der Waals surface area contributed by atoms with Crippen molar-refractivity contribution in [2.45, 2.75) is 32.0 Å². The molecule has 1 fully saturated rings. The van der Waals surface area contributed by atoms with Crippen molar-refractivity contribution in [3.8, 4) is 0 Å². The summed E-state index contributed by atoms with van der Waals surface area (Å²) in [6.07, 6.45) is 1.54. The Bertz CT molecular complexity index is 475. The van der Waals surface area contributed by atoms with Gasteiger partial charge >= 0.3 is 0 Å². The van der Waals surface area contributed by atoms with E-state index in [0.717, 1.165) is 24.9 Å². The second-order valence-corrected chi connectivity index (χ2v) is 5.77. The molecule has 1 aromatic rings. The standard InChI is InChI=1S/C16H24FN3O/c1-4-14-16(21)20(11-5-10-19(2)3)15(18-14)12-6-8-13(17)9-7-12/h6-9,14-15,18H,4-5,10-11H2,1-3H3. The maximum Gasteiger partial charge on any atom is 0.241 e. The molecule has 1 amide bonds. The van der Waals surface area contributed by atoms with Crippen LogP contribution in [0.2, 0.25) is 0 Å².